The van der Waals surface area contributed by atoms with Crippen molar-refractivity contribution < 1.29 is 9.50 Å². The number of nitriles is 1. The molecule has 1 atom stereocenters. The van der Waals surface area contributed by atoms with E-state index in [4.69, 9.17) is 4.98 Å². The van der Waals surface area contributed by atoms with Crippen LogP contribution < -0.4 is 5.32 Å². The Bertz CT molecular complexity index is 1710. The molecule has 1 aromatic carbocycles. The molecule has 184 valence electrons. The Morgan fingerprint density at radius 1 is 1.16 bits per heavy atom. The molecule has 0 saturated carbocycles. The molecule has 0 radical (unpaired) electrons. The van der Waals surface area contributed by atoms with Crippen molar-refractivity contribution in [3.05, 3.63) is 76.8 Å². The van der Waals surface area contributed by atoms with E-state index in [-0.39, 0.29) is 11.4 Å². The zero-order chi connectivity index (χ0) is 25.7. The van der Waals surface area contributed by atoms with E-state index in [2.05, 4.69) is 25.6 Å². The highest BCUT2D eigenvalue weighted by Gasteiger charge is 2.19. The zero-order valence-electron chi connectivity index (χ0n) is 20.1. The second-order valence-corrected chi connectivity index (χ2v) is 9.07. The first-order valence-electron chi connectivity index (χ1n) is 11.9. The molecule has 1 aliphatic rings. The highest BCUT2D eigenvalue weighted by atomic mass is 19.1. The molecule has 11 heteroatoms. The number of nitrogens with one attached hydrogen (secondary N) is 1. The molecule has 0 spiro atoms. The number of hydrogen-bond acceptors (Lipinski definition) is 8. The average molecular weight is 496 g/mol. The summed E-state index contributed by atoms with van der Waals surface area (Å²) in [4.78, 5) is 9.12. The van der Waals surface area contributed by atoms with Gasteiger partial charge in [0.2, 0.25) is 0 Å². The number of aromatic nitrogens is 7. The lowest BCUT2D eigenvalue weighted by Gasteiger charge is -2.15. The van der Waals surface area contributed by atoms with Crippen LogP contribution in [0.25, 0.3) is 22.7 Å². The van der Waals surface area contributed by atoms with Crippen LogP contribution in [0.4, 0.5) is 15.9 Å². The number of nitrogens with zero attached hydrogens (tertiary/aromatic N) is 8. The number of rotatable bonds is 5. The van der Waals surface area contributed by atoms with Crippen LogP contribution in [0, 0.1) is 24.1 Å². The number of anilines is 2. The van der Waals surface area contributed by atoms with Gasteiger partial charge in [-0.1, -0.05) is 0 Å². The summed E-state index contributed by atoms with van der Waals surface area (Å²) in [6.45, 7) is 3.45. The third-order valence-corrected chi connectivity index (χ3v) is 6.51. The molecule has 4 aromatic heterocycles. The van der Waals surface area contributed by atoms with Crippen molar-refractivity contribution >= 4 is 22.5 Å². The summed E-state index contributed by atoms with van der Waals surface area (Å²) in [5.74, 6) is 0.899. The smallest absolute Gasteiger partial charge is 0.163 e. The number of aliphatic hydroxyl groups excluding tert-OH is 1. The van der Waals surface area contributed by atoms with Crippen molar-refractivity contribution in [1.29, 1.82) is 5.26 Å². The first kappa shape index (κ1) is 22.8. The molecule has 1 unspecified atom stereocenters. The molecule has 37 heavy (non-hydrogen) atoms. The summed E-state index contributed by atoms with van der Waals surface area (Å²) in [6.07, 6.45) is 3.65. The largest absolute Gasteiger partial charge is 0.389 e. The van der Waals surface area contributed by atoms with Crippen molar-refractivity contribution in [1.82, 2.24) is 34.5 Å². The molecule has 0 fully saturated rings. The van der Waals surface area contributed by atoms with Crippen LogP contribution in [0.1, 0.15) is 47.7 Å². The molecule has 1 aliphatic carbocycles. The molecular weight excluding hydrogens is 473 g/mol. The van der Waals surface area contributed by atoms with Gasteiger partial charge in [-0.3, -0.25) is 4.57 Å². The maximum absolute atomic E-state index is 15.0. The fourth-order valence-corrected chi connectivity index (χ4v) is 4.66. The van der Waals surface area contributed by atoms with Gasteiger partial charge in [0, 0.05) is 17.3 Å². The minimum atomic E-state index is -0.816. The highest BCUT2D eigenvalue weighted by Crippen LogP contribution is 2.29. The Hall–Kier alpha value is -4.69. The van der Waals surface area contributed by atoms with E-state index in [1.165, 1.54) is 10.7 Å². The van der Waals surface area contributed by atoms with Crippen LogP contribution in [0.5, 0.6) is 0 Å². The van der Waals surface area contributed by atoms with Gasteiger partial charge in [0.25, 0.3) is 0 Å². The Kier molecular flexibility index (Phi) is 5.39. The van der Waals surface area contributed by atoms with Crippen molar-refractivity contribution in [2.24, 2.45) is 0 Å². The van der Waals surface area contributed by atoms with E-state index in [0.29, 0.717) is 39.7 Å². The van der Waals surface area contributed by atoms with Crippen LogP contribution in [0.15, 0.2) is 42.7 Å². The van der Waals surface area contributed by atoms with E-state index < -0.39 is 11.9 Å². The Labute approximate surface area is 211 Å². The van der Waals surface area contributed by atoms with Crippen LogP contribution in [-0.4, -0.2) is 39.6 Å². The highest BCUT2D eigenvalue weighted by molar-refractivity contribution is 5.82. The normalized spacial score (nSPS) is 13.5. The Morgan fingerprint density at radius 2 is 2.03 bits per heavy atom. The Morgan fingerprint density at radius 3 is 2.81 bits per heavy atom. The molecule has 0 amide bonds. The fraction of sp³-hybridized carbons (Fsp3) is 0.231. The molecule has 5 aromatic rings. The standard InChI is InChI=1S/C26H22FN9O/c1-14-8-17(12-28)34-36(14)26-18(15(2)37)6-7-25(31-26)35-13-29-22-10-19(27)21(11-23(22)35)30-24-9-16-4-3-5-20(16)32-33-24/h6-11,13,15,37H,3-5H2,1-2H3,(H,30,33). The third-order valence-electron chi connectivity index (χ3n) is 6.51. The average Bonchev–Trinajstić information content (AvgIpc) is 3.61. The van der Waals surface area contributed by atoms with Crippen molar-refractivity contribution in [3.8, 4) is 17.7 Å². The molecular formula is C26H22FN9O. The first-order chi connectivity index (χ1) is 17.9. The number of pyridine rings is 1. The SMILES string of the molecule is Cc1cc(C#N)nn1-c1nc(-n2cnc3cc(F)c(Nc4cc5c(nn4)CCC5)cc32)ccc1C(C)O. The molecule has 2 N–H and O–H groups in total. The van der Waals surface area contributed by atoms with Crippen molar-refractivity contribution in [2.75, 3.05) is 5.32 Å². The molecule has 6 rings (SSSR count). The molecule has 4 heterocycles. The molecule has 0 aliphatic heterocycles. The van der Waals surface area contributed by atoms with Gasteiger partial charge in [0.15, 0.2) is 17.3 Å². The maximum atomic E-state index is 15.0. The van der Waals surface area contributed by atoms with Crippen LogP contribution in [0.3, 0.4) is 0 Å². The number of hydrogen-bond donors (Lipinski definition) is 2. The summed E-state index contributed by atoms with van der Waals surface area (Å²) in [6, 6.07) is 12.1. The molecule has 10 nitrogen and oxygen atoms in total. The molecule has 0 saturated heterocycles. The lowest BCUT2D eigenvalue weighted by Crippen LogP contribution is -2.11. The number of halogens is 1. The van der Waals surface area contributed by atoms with E-state index >= 15 is 0 Å². The summed E-state index contributed by atoms with van der Waals surface area (Å²) in [5, 5.41) is 35.5. The van der Waals surface area contributed by atoms with Crippen molar-refractivity contribution in [3.63, 3.8) is 0 Å². The Balaban J connectivity index is 1.44. The molecule has 0 bridgehead atoms. The van der Waals surface area contributed by atoms with Gasteiger partial charge in [-0.25, -0.2) is 19.0 Å². The number of fused-ring (bicyclic) bond motifs is 2. The van der Waals surface area contributed by atoms with E-state index in [9.17, 15) is 14.8 Å². The predicted octanol–water partition coefficient (Wildman–Crippen LogP) is 4.00. The second kappa shape index (κ2) is 8.76. The summed E-state index contributed by atoms with van der Waals surface area (Å²) < 4.78 is 18.2. The monoisotopic (exact) mass is 495 g/mol. The van der Waals surface area contributed by atoms with Crippen molar-refractivity contribution in [2.45, 2.75) is 39.2 Å². The first-order valence-corrected chi connectivity index (χ1v) is 11.9. The third kappa shape index (κ3) is 3.97. The fourth-order valence-electron chi connectivity index (χ4n) is 4.66. The minimum Gasteiger partial charge on any atom is -0.389 e. The van der Waals surface area contributed by atoms with Gasteiger partial charge in [0.05, 0.1) is 28.5 Å². The minimum absolute atomic E-state index is 0.240. The van der Waals surface area contributed by atoms with Gasteiger partial charge < -0.3 is 10.4 Å². The lowest BCUT2D eigenvalue weighted by molar-refractivity contribution is 0.198. The van der Waals surface area contributed by atoms with Gasteiger partial charge in [0.1, 0.15) is 24.0 Å². The van der Waals surface area contributed by atoms with Crippen LogP contribution in [0.2, 0.25) is 0 Å². The number of aliphatic hydroxyl groups is 1. The van der Waals surface area contributed by atoms with Gasteiger partial charge >= 0.3 is 0 Å². The second-order valence-electron chi connectivity index (χ2n) is 9.07. The summed E-state index contributed by atoms with van der Waals surface area (Å²) in [5.41, 5.74) is 4.93. The zero-order valence-corrected chi connectivity index (χ0v) is 20.1. The van der Waals surface area contributed by atoms with Crippen LogP contribution in [-0.2, 0) is 12.8 Å². The van der Waals surface area contributed by atoms with Gasteiger partial charge in [-0.2, -0.15) is 15.5 Å². The van der Waals surface area contributed by atoms with Gasteiger partial charge in [-0.15, -0.1) is 5.10 Å². The van der Waals surface area contributed by atoms with E-state index in [1.807, 2.05) is 19.1 Å². The van der Waals surface area contributed by atoms with Gasteiger partial charge in [-0.05, 0) is 69.0 Å². The summed E-state index contributed by atoms with van der Waals surface area (Å²) in [7, 11) is 0. The lowest BCUT2D eigenvalue weighted by atomic mass is 10.1. The maximum Gasteiger partial charge on any atom is 0.163 e. The topological polar surface area (TPSA) is 130 Å². The predicted molar refractivity (Wildman–Crippen MR) is 133 cm³/mol. The number of benzene rings is 1. The van der Waals surface area contributed by atoms with Crippen LogP contribution >= 0.6 is 0 Å². The van der Waals surface area contributed by atoms with E-state index in [0.717, 1.165) is 30.5 Å². The number of imidazole rings is 1. The summed E-state index contributed by atoms with van der Waals surface area (Å²) >= 11 is 0. The van der Waals surface area contributed by atoms with E-state index in [1.54, 1.807) is 42.1 Å². The number of aryl methyl sites for hydroxylation is 3. The quantitative estimate of drug-likeness (QED) is 0.374.